The second-order valence-electron chi connectivity index (χ2n) is 6.37. The second kappa shape index (κ2) is 9.04. The van der Waals surface area contributed by atoms with Crippen molar-refractivity contribution in [3.05, 3.63) is 35.9 Å². The molecule has 1 aromatic rings. The van der Waals surface area contributed by atoms with Crippen LogP contribution >= 0.6 is 0 Å². The maximum absolute atomic E-state index is 11.8. The molecule has 0 bridgehead atoms. The van der Waals surface area contributed by atoms with E-state index in [4.69, 9.17) is 4.74 Å². The third-order valence-corrected chi connectivity index (χ3v) is 4.29. The minimum absolute atomic E-state index is 0.0458. The van der Waals surface area contributed by atoms with Gasteiger partial charge < -0.3 is 9.84 Å². The number of hydrogen-bond acceptors (Lipinski definition) is 4. The van der Waals surface area contributed by atoms with Crippen molar-refractivity contribution in [3.8, 4) is 0 Å². The molecule has 1 fully saturated rings. The monoisotopic (exact) mass is 321 g/mol. The number of benzene rings is 1. The van der Waals surface area contributed by atoms with Gasteiger partial charge in [0.15, 0.2) is 0 Å². The molecule has 1 saturated heterocycles. The minimum atomic E-state index is -0.846. The fraction of sp³-hybridized carbons (Fsp3) is 0.632. The van der Waals surface area contributed by atoms with Gasteiger partial charge in [-0.3, -0.25) is 9.69 Å². The van der Waals surface area contributed by atoms with Crippen molar-refractivity contribution in [1.82, 2.24) is 4.90 Å². The van der Waals surface area contributed by atoms with Crippen molar-refractivity contribution in [1.29, 1.82) is 0 Å². The van der Waals surface area contributed by atoms with Crippen LogP contribution in [0.4, 0.5) is 0 Å². The largest absolute Gasteiger partial charge is 0.469 e. The van der Waals surface area contributed by atoms with Crippen molar-refractivity contribution in [2.24, 2.45) is 5.92 Å². The van der Waals surface area contributed by atoms with Crippen LogP contribution in [0.5, 0.6) is 0 Å². The van der Waals surface area contributed by atoms with Crippen molar-refractivity contribution < 1.29 is 14.6 Å². The van der Waals surface area contributed by atoms with Gasteiger partial charge in [0.1, 0.15) is 0 Å². The molecule has 0 aromatic heterocycles. The van der Waals surface area contributed by atoms with E-state index in [0.29, 0.717) is 6.42 Å². The highest BCUT2D eigenvalue weighted by atomic mass is 16.5. The molecule has 1 heterocycles. The first-order valence-corrected chi connectivity index (χ1v) is 8.50. The molecule has 1 aliphatic rings. The number of rotatable bonds is 4. The van der Waals surface area contributed by atoms with Crippen LogP contribution in [0.2, 0.25) is 0 Å². The lowest BCUT2D eigenvalue weighted by molar-refractivity contribution is -0.150. The van der Waals surface area contributed by atoms with Gasteiger partial charge in [-0.2, -0.15) is 0 Å². The van der Waals surface area contributed by atoms with E-state index in [-0.39, 0.29) is 17.9 Å². The molecule has 1 N–H and O–H groups in total. The van der Waals surface area contributed by atoms with Gasteiger partial charge in [-0.25, -0.2) is 0 Å². The van der Waals surface area contributed by atoms with Crippen LogP contribution in [0, 0.1) is 5.92 Å². The maximum atomic E-state index is 11.8. The summed E-state index contributed by atoms with van der Waals surface area (Å²) in [6.07, 6.45) is 1.43. The van der Waals surface area contributed by atoms with Crippen molar-refractivity contribution >= 4 is 5.97 Å². The summed E-state index contributed by atoms with van der Waals surface area (Å²) in [6.45, 7) is 9.22. The molecule has 1 aromatic carbocycles. The van der Waals surface area contributed by atoms with E-state index >= 15 is 0 Å². The van der Waals surface area contributed by atoms with Crippen LogP contribution in [0.15, 0.2) is 30.3 Å². The molecule has 0 radical (unpaired) electrons. The average Bonchev–Trinajstić information content (AvgIpc) is 2.56. The number of likely N-dealkylation sites (tertiary alicyclic amines) is 1. The van der Waals surface area contributed by atoms with Crippen LogP contribution in [-0.4, -0.2) is 41.3 Å². The Morgan fingerprint density at radius 2 is 1.91 bits per heavy atom. The summed E-state index contributed by atoms with van der Waals surface area (Å²) in [7, 11) is 1.43. The van der Waals surface area contributed by atoms with Crippen LogP contribution in [0.1, 0.15) is 46.1 Å². The van der Waals surface area contributed by atoms with Gasteiger partial charge in [0.2, 0.25) is 0 Å². The normalized spacial score (nSPS) is 22.0. The SMILES string of the molecule is CC.COC(=O)C1CCN(Cc2ccccc2)C(C(C)(C)O)C1. The molecule has 4 nitrogen and oxygen atoms in total. The van der Waals surface area contributed by atoms with E-state index in [9.17, 15) is 9.90 Å². The quantitative estimate of drug-likeness (QED) is 0.865. The number of esters is 1. The van der Waals surface area contributed by atoms with E-state index in [1.807, 2.05) is 45.9 Å². The molecule has 23 heavy (non-hydrogen) atoms. The lowest BCUT2D eigenvalue weighted by Gasteiger charge is -2.44. The Kier molecular flexibility index (Phi) is 7.73. The summed E-state index contributed by atoms with van der Waals surface area (Å²) in [4.78, 5) is 14.1. The zero-order valence-electron chi connectivity index (χ0n) is 15.1. The van der Waals surface area contributed by atoms with Gasteiger partial charge in [0.05, 0.1) is 18.6 Å². The Morgan fingerprint density at radius 1 is 1.30 bits per heavy atom. The summed E-state index contributed by atoms with van der Waals surface area (Å²) in [5, 5.41) is 10.5. The predicted octanol–water partition coefficient (Wildman–Crippen LogP) is 3.24. The van der Waals surface area contributed by atoms with Crippen molar-refractivity contribution in [3.63, 3.8) is 0 Å². The van der Waals surface area contributed by atoms with Crippen LogP contribution in [0.25, 0.3) is 0 Å². The molecule has 2 rings (SSSR count). The highest BCUT2D eigenvalue weighted by Gasteiger charge is 2.40. The molecule has 130 valence electrons. The third kappa shape index (κ3) is 5.63. The highest BCUT2D eigenvalue weighted by Crippen LogP contribution is 2.31. The van der Waals surface area contributed by atoms with E-state index in [2.05, 4.69) is 17.0 Å². The van der Waals surface area contributed by atoms with Crippen molar-refractivity contribution in [2.45, 2.75) is 58.7 Å². The van der Waals surface area contributed by atoms with Gasteiger partial charge in [-0.15, -0.1) is 0 Å². The molecule has 2 unspecified atom stereocenters. The fourth-order valence-corrected chi connectivity index (χ4v) is 3.14. The van der Waals surface area contributed by atoms with Crippen LogP contribution in [0.3, 0.4) is 0 Å². The fourth-order valence-electron chi connectivity index (χ4n) is 3.14. The molecule has 0 amide bonds. The Hall–Kier alpha value is -1.39. The summed E-state index contributed by atoms with van der Waals surface area (Å²) in [5.74, 6) is -0.276. The Balaban J connectivity index is 0.00000127. The van der Waals surface area contributed by atoms with Gasteiger partial charge in [0, 0.05) is 12.6 Å². The molecule has 4 heteroatoms. The molecule has 0 spiro atoms. The molecular formula is C19H31NO3. The first-order valence-electron chi connectivity index (χ1n) is 8.50. The van der Waals surface area contributed by atoms with Gasteiger partial charge in [-0.05, 0) is 38.8 Å². The molecule has 0 saturated carbocycles. The number of carbonyl (C=O) groups is 1. The topological polar surface area (TPSA) is 49.8 Å². The number of carbonyl (C=O) groups excluding carboxylic acids is 1. The Labute approximate surface area is 140 Å². The summed E-state index contributed by atoms with van der Waals surface area (Å²) in [5.41, 5.74) is 0.379. The number of methoxy groups -OCH3 is 1. The summed E-state index contributed by atoms with van der Waals surface area (Å²) in [6, 6.07) is 10.2. The van der Waals surface area contributed by atoms with E-state index in [1.165, 1.54) is 12.7 Å². The standard InChI is InChI=1S/C17H25NO3.C2H6/c1-17(2,20)15-11-14(16(19)21-3)9-10-18(15)12-13-7-5-4-6-8-13;1-2/h4-8,14-15,20H,9-12H2,1-3H3;1-2H3. The molecule has 2 atom stereocenters. The minimum Gasteiger partial charge on any atom is -0.469 e. The number of hydrogen-bond donors (Lipinski definition) is 1. The lowest BCUT2D eigenvalue weighted by Crippen LogP contribution is -2.54. The van der Waals surface area contributed by atoms with Crippen molar-refractivity contribution in [2.75, 3.05) is 13.7 Å². The van der Waals surface area contributed by atoms with Gasteiger partial charge in [0.25, 0.3) is 0 Å². The first kappa shape index (κ1) is 19.7. The van der Waals surface area contributed by atoms with Crippen LogP contribution < -0.4 is 0 Å². The highest BCUT2D eigenvalue weighted by molar-refractivity contribution is 5.72. The maximum Gasteiger partial charge on any atom is 0.308 e. The summed E-state index contributed by atoms with van der Waals surface area (Å²) >= 11 is 0. The average molecular weight is 321 g/mol. The second-order valence-corrected chi connectivity index (χ2v) is 6.37. The first-order chi connectivity index (χ1) is 10.9. The number of aliphatic hydroxyl groups is 1. The van der Waals surface area contributed by atoms with Gasteiger partial charge >= 0.3 is 5.97 Å². The lowest BCUT2D eigenvalue weighted by atomic mass is 9.82. The number of nitrogens with zero attached hydrogens (tertiary/aromatic N) is 1. The predicted molar refractivity (Wildman–Crippen MR) is 93.0 cm³/mol. The van der Waals surface area contributed by atoms with E-state index in [1.54, 1.807) is 0 Å². The smallest absolute Gasteiger partial charge is 0.308 e. The number of piperidine rings is 1. The zero-order chi connectivity index (χ0) is 17.5. The summed E-state index contributed by atoms with van der Waals surface area (Å²) < 4.78 is 4.87. The van der Waals surface area contributed by atoms with E-state index < -0.39 is 5.60 Å². The molecular weight excluding hydrogens is 290 g/mol. The molecule has 1 aliphatic heterocycles. The van der Waals surface area contributed by atoms with Gasteiger partial charge in [-0.1, -0.05) is 44.2 Å². The Bertz CT molecular complexity index is 467. The zero-order valence-corrected chi connectivity index (χ0v) is 15.1. The van der Waals surface area contributed by atoms with Crippen LogP contribution in [-0.2, 0) is 16.1 Å². The van der Waals surface area contributed by atoms with E-state index in [0.717, 1.165) is 19.5 Å². The molecule has 0 aliphatic carbocycles. The third-order valence-electron chi connectivity index (χ3n) is 4.29. The number of ether oxygens (including phenoxy) is 1. The Morgan fingerprint density at radius 3 is 2.43 bits per heavy atom.